The molecule has 0 radical (unpaired) electrons. The number of rotatable bonds is 4. The molecule has 1 aromatic heterocycles. The maximum absolute atomic E-state index is 13.0. The van der Waals surface area contributed by atoms with Crippen LogP contribution < -0.4 is 4.90 Å². The third-order valence-corrected chi connectivity index (χ3v) is 5.40. The first kappa shape index (κ1) is 19.5. The number of carbonyl (C=O) groups is 1. The fourth-order valence-electron chi connectivity index (χ4n) is 3.08. The normalized spacial score (nSPS) is 15.8. The number of nitrogens with zero attached hydrogens (tertiary/aromatic N) is 2. The summed E-state index contributed by atoms with van der Waals surface area (Å²) in [5, 5.41) is 12.3. The van der Waals surface area contributed by atoms with E-state index in [-0.39, 0.29) is 17.5 Å². The van der Waals surface area contributed by atoms with Gasteiger partial charge in [-0.1, -0.05) is 6.07 Å². The Balaban J connectivity index is 1.74. The number of phenolic OH excluding ortho intramolecular Hbond substituents is 1. The van der Waals surface area contributed by atoms with Gasteiger partial charge < -0.3 is 14.7 Å². The van der Waals surface area contributed by atoms with Gasteiger partial charge in [0.15, 0.2) is 5.13 Å². The van der Waals surface area contributed by atoms with E-state index in [9.17, 15) is 23.1 Å². The van der Waals surface area contributed by atoms with Gasteiger partial charge in [0, 0.05) is 24.0 Å². The molecule has 5 nitrogen and oxygen atoms in total. The Hall–Kier alpha value is -2.29. The zero-order valence-electron chi connectivity index (χ0n) is 14.6. The molecule has 2 aromatic rings. The van der Waals surface area contributed by atoms with Gasteiger partial charge in [-0.25, -0.2) is 4.98 Å². The van der Waals surface area contributed by atoms with Gasteiger partial charge in [-0.3, -0.25) is 4.79 Å². The van der Waals surface area contributed by atoms with Gasteiger partial charge in [0.25, 0.3) is 0 Å². The van der Waals surface area contributed by atoms with E-state index >= 15 is 0 Å². The molecule has 9 heteroatoms. The van der Waals surface area contributed by atoms with Crippen molar-refractivity contribution in [1.82, 2.24) is 4.98 Å². The summed E-state index contributed by atoms with van der Waals surface area (Å²) in [5.41, 5.74) is -0.732. The lowest BCUT2D eigenvalue weighted by Gasteiger charge is -2.30. The zero-order chi connectivity index (χ0) is 19.6. The Bertz CT molecular complexity index is 814. The second kappa shape index (κ2) is 7.75. The first-order valence-corrected chi connectivity index (χ1v) is 9.46. The van der Waals surface area contributed by atoms with Crippen LogP contribution in [0.3, 0.4) is 0 Å². The van der Waals surface area contributed by atoms with E-state index in [2.05, 4.69) is 4.98 Å². The highest BCUT2D eigenvalue weighted by Gasteiger charge is 2.35. The van der Waals surface area contributed by atoms with Crippen LogP contribution in [0.15, 0.2) is 23.6 Å². The van der Waals surface area contributed by atoms with E-state index in [4.69, 9.17) is 4.74 Å². The number of aromatic nitrogens is 1. The number of benzene rings is 1. The maximum Gasteiger partial charge on any atom is 0.419 e. The molecule has 146 valence electrons. The Morgan fingerprint density at radius 2 is 2.07 bits per heavy atom. The molecule has 0 atom stereocenters. The predicted octanol–water partition coefficient (Wildman–Crippen LogP) is 4.31. The summed E-state index contributed by atoms with van der Waals surface area (Å²) < 4.78 is 44.0. The highest BCUT2D eigenvalue weighted by atomic mass is 32.1. The number of halogens is 3. The van der Waals surface area contributed by atoms with Crippen molar-refractivity contribution in [3.8, 4) is 17.0 Å². The highest BCUT2D eigenvalue weighted by molar-refractivity contribution is 7.14. The van der Waals surface area contributed by atoms with Gasteiger partial charge in [0.2, 0.25) is 0 Å². The molecule has 0 bridgehead atoms. The lowest BCUT2D eigenvalue weighted by atomic mass is 9.97. The number of piperidine rings is 1. The minimum absolute atomic E-state index is 0.0498. The van der Waals surface area contributed by atoms with Crippen molar-refractivity contribution in [2.75, 3.05) is 24.6 Å². The molecule has 1 aliphatic rings. The van der Waals surface area contributed by atoms with E-state index in [1.54, 1.807) is 12.3 Å². The number of esters is 1. The van der Waals surface area contributed by atoms with Gasteiger partial charge in [-0.15, -0.1) is 11.3 Å². The summed E-state index contributed by atoms with van der Waals surface area (Å²) in [7, 11) is 0. The molecule has 2 heterocycles. The summed E-state index contributed by atoms with van der Waals surface area (Å²) in [6.45, 7) is 3.36. The standard InChI is InChI=1S/C18H19F3N2O3S/c1-2-26-16(25)11-6-8-23(9-7-11)17-22-14(10-27-17)12-4-3-5-13(15(12)24)18(19,20)21/h3-5,10-11,24H,2,6-9H2,1H3. The van der Waals surface area contributed by atoms with Crippen molar-refractivity contribution in [3.05, 3.63) is 29.1 Å². The van der Waals surface area contributed by atoms with Crippen molar-refractivity contribution in [2.45, 2.75) is 25.9 Å². The van der Waals surface area contributed by atoms with Crippen molar-refractivity contribution in [1.29, 1.82) is 0 Å². The summed E-state index contributed by atoms with van der Waals surface area (Å²) in [5.74, 6) is -1.14. The average Bonchev–Trinajstić information content (AvgIpc) is 3.11. The van der Waals surface area contributed by atoms with E-state index in [1.807, 2.05) is 4.90 Å². The number of para-hydroxylation sites is 1. The number of aromatic hydroxyl groups is 1. The predicted molar refractivity (Wildman–Crippen MR) is 95.8 cm³/mol. The average molecular weight is 400 g/mol. The second-order valence-electron chi connectivity index (χ2n) is 6.23. The fourth-order valence-corrected chi connectivity index (χ4v) is 3.96. The van der Waals surface area contributed by atoms with Gasteiger partial charge in [0.1, 0.15) is 5.75 Å². The minimum atomic E-state index is -4.63. The first-order valence-electron chi connectivity index (χ1n) is 8.58. The molecule has 1 aromatic carbocycles. The fraction of sp³-hybridized carbons (Fsp3) is 0.444. The van der Waals surface area contributed by atoms with Crippen molar-refractivity contribution in [2.24, 2.45) is 5.92 Å². The van der Waals surface area contributed by atoms with Gasteiger partial charge >= 0.3 is 12.1 Å². The van der Waals surface area contributed by atoms with Gasteiger partial charge in [0.05, 0.1) is 23.8 Å². The van der Waals surface area contributed by atoms with E-state index < -0.39 is 17.5 Å². The molecule has 0 amide bonds. The van der Waals surface area contributed by atoms with Gasteiger partial charge in [-0.2, -0.15) is 13.2 Å². The first-order chi connectivity index (χ1) is 12.8. The molecule has 0 spiro atoms. The van der Waals surface area contributed by atoms with Crippen LogP contribution >= 0.6 is 11.3 Å². The van der Waals surface area contributed by atoms with Crippen LogP contribution in [0.5, 0.6) is 5.75 Å². The maximum atomic E-state index is 13.0. The summed E-state index contributed by atoms with van der Waals surface area (Å²) in [4.78, 5) is 18.2. The number of hydrogen-bond acceptors (Lipinski definition) is 6. The number of ether oxygens (including phenoxy) is 1. The molecule has 1 saturated heterocycles. The van der Waals surface area contributed by atoms with E-state index in [0.717, 1.165) is 6.07 Å². The van der Waals surface area contributed by atoms with Gasteiger partial charge in [-0.05, 0) is 31.9 Å². The van der Waals surface area contributed by atoms with E-state index in [0.29, 0.717) is 43.4 Å². The SMILES string of the molecule is CCOC(=O)C1CCN(c2nc(-c3cccc(C(F)(F)F)c3O)cs2)CC1. The third-order valence-electron chi connectivity index (χ3n) is 4.49. The Labute approximate surface area is 158 Å². The Morgan fingerprint density at radius 3 is 2.70 bits per heavy atom. The molecular weight excluding hydrogens is 381 g/mol. The zero-order valence-corrected chi connectivity index (χ0v) is 15.4. The van der Waals surface area contributed by atoms with Crippen LogP contribution in [0.2, 0.25) is 0 Å². The number of phenols is 1. The lowest BCUT2D eigenvalue weighted by Crippen LogP contribution is -2.36. The van der Waals surface area contributed by atoms with Crippen LogP contribution in [-0.2, 0) is 15.7 Å². The van der Waals surface area contributed by atoms with Crippen LogP contribution in [0.1, 0.15) is 25.3 Å². The summed E-state index contributed by atoms with van der Waals surface area (Å²) in [6, 6.07) is 3.50. The second-order valence-corrected chi connectivity index (χ2v) is 7.06. The third kappa shape index (κ3) is 4.18. The summed E-state index contributed by atoms with van der Waals surface area (Å²) in [6.07, 6.45) is -3.35. The molecular formula is C18H19F3N2O3S. The van der Waals surface area contributed by atoms with Crippen LogP contribution in [-0.4, -0.2) is 35.8 Å². The van der Waals surface area contributed by atoms with E-state index in [1.165, 1.54) is 23.5 Å². The molecule has 1 fully saturated rings. The monoisotopic (exact) mass is 400 g/mol. The molecule has 0 saturated carbocycles. The number of anilines is 1. The molecule has 27 heavy (non-hydrogen) atoms. The molecule has 3 rings (SSSR count). The van der Waals surface area contributed by atoms with Crippen molar-refractivity contribution in [3.63, 3.8) is 0 Å². The quantitative estimate of drug-likeness (QED) is 0.775. The molecule has 1 aliphatic heterocycles. The molecule has 1 N–H and O–H groups in total. The highest BCUT2D eigenvalue weighted by Crippen LogP contribution is 2.42. The van der Waals surface area contributed by atoms with Crippen LogP contribution in [0.25, 0.3) is 11.3 Å². The topological polar surface area (TPSA) is 62.7 Å². The number of carbonyl (C=O) groups excluding carboxylic acids is 1. The van der Waals surface area contributed by atoms with Crippen molar-refractivity contribution >= 4 is 22.4 Å². The Kier molecular flexibility index (Phi) is 5.59. The van der Waals surface area contributed by atoms with Crippen LogP contribution in [0.4, 0.5) is 18.3 Å². The summed E-state index contributed by atoms with van der Waals surface area (Å²) >= 11 is 1.30. The number of hydrogen-bond donors (Lipinski definition) is 1. The smallest absolute Gasteiger partial charge is 0.419 e. The number of thiazole rings is 1. The Morgan fingerprint density at radius 1 is 1.37 bits per heavy atom. The molecule has 0 aliphatic carbocycles. The van der Waals surface area contributed by atoms with Crippen LogP contribution in [0, 0.1) is 5.92 Å². The largest absolute Gasteiger partial charge is 0.507 e. The van der Waals surface area contributed by atoms with Crippen molar-refractivity contribution < 1.29 is 27.8 Å². The molecule has 0 unspecified atom stereocenters. The minimum Gasteiger partial charge on any atom is -0.507 e. The number of alkyl halides is 3. The lowest BCUT2D eigenvalue weighted by molar-refractivity contribution is -0.148.